The minimum atomic E-state index is -0.810. The van der Waals surface area contributed by atoms with Gasteiger partial charge in [-0.05, 0) is 74.2 Å². The summed E-state index contributed by atoms with van der Waals surface area (Å²) in [7, 11) is 3.38. The number of hydrogen-bond donors (Lipinski definition) is 1. The molecular formula is C34H47NO4. The lowest BCUT2D eigenvalue weighted by Gasteiger charge is -2.37. The Morgan fingerprint density at radius 1 is 0.667 bits per heavy atom. The standard InChI is InChI=1S/C34H47NO4/c1-26(2)35-23-11-10-12-28(24-38-27(3)4)25-39-34(29-13-8-7-9-14-29,30-15-19-32(36-5)20-16-30)31-17-21-33(37-6)22-18-31/h7-9,13-22,26-28,35H,10-12,23-25H2,1-6H3. The Labute approximate surface area is 235 Å². The van der Waals surface area contributed by atoms with Gasteiger partial charge in [0.15, 0.2) is 0 Å². The van der Waals surface area contributed by atoms with Gasteiger partial charge in [-0.2, -0.15) is 0 Å². The van der Waals surface area contributed by atoms with Crippen LogP contribution in [0.15, 0.2) is 78.9 Å². The Hall–Kier alpha value is -2.86. The van der Waals surface area contributed by atoms with Crippen molar-refractivity contribution in [1.29, 1.82) is 0 Å². The van der Waals surface area contributed by atoms with Crippen LogP contribution in [0.2, 0.25) is 0 Å². The first kappa shape index (κ1) is 30.7. The second-order valence-corrected chi connectivity index (χ2v) is 10.7. The molecule has 0 aromatic heterocycles. The van der Waals surface area contributed by atoms with Crippen LogP contribution in [0.5, 0.6) is 11.5 Å². The molecule has 3 rings (SSSR count). The van der Waals surface area contributed by atoms with Crippen molar-refractivity contribution < 1.29 is 18.9 Å². The summed E-state index contributed by atoms with van der Waals surface area (Å²) in [5.41, 5.74) is 2.35. The highest BCUT2D eigenvalue weighted by atomic mass is 16.5. The predicted octanol–water partition coefficient (Wildman–Crippen LogP) is 7.22. The third kappa shape index (κ3) is 8.82. The molecule has 3 aromatic rings. The first-order valence-electron chi connectivity index (χ1n) is 14.2. The van der Waals surface area contributed by atoms with Crippen molar-refractivity contribution in [3.05, 3.63) is 95.6 Å². The molecule has 0 heterocycles. The number of nitrogens with one attached hydrogen (secondary N) is 1. The molecule has 212 valence electrons. The topological polar surface area (TPSA) is 49.0 Å². The fraction of sp³-hybridized carbons (Fsp3) is 0.471. The molecule has 1 unspecified atom stereocenters. The summed E-state index contributed by atoms with van der Waals surface area (Å²) >= 11 is 0. The third-order valence-corrected chi connectivity index (χ3v) is 6.97. The molecule has 0 fully saturated rings. The van der Waals surface area contributed by atoms with Gasteiger partial charge >= 0.3 is 0 Å². The first-order valence-corrected chi connectivity index (χ1v) is 14.2. The van der Waals surface area contributed by atoms with Crippen molar-refractivity contribution in [3.63, 3.8) is 0 Å². The maximum Gasteiger partial charge on any atom is 0.143 e. The third-order valence-electron chi connectivity index (χ3n) is 6.97. The van der Waals surface area contributed by atoms with Crippen LogP contribution in [0.25, 0.3) is 0 Å². The van der Waals surface area contributed by atoms with E-state index in [1.165, 1.54) is 0 Å². The fourth-order valence-electron chi connectivity index (χ4n) is 4.81. The van der Waals surface area contributed by atoms with Crippen LogP contribution in [0, 0.1) is 5.92 Å². The second kappa shape index (κ2) is 15.7. The molecule has 0 saturated heterocycles. The molecule has 1 N–H and O–H groups in total. The molecule has 3 aromatic carbocycles. The maximum absolute atomic E-state index is 7.15. The lowest BCUT2D eigenvalue weighted by atomic mass is 9.79. The molecule has 0 aliphatic rings. The molecule has 5 heteroatoms. The van der Waals surface area contributed by atoms with Gasteiger partial charge in [0.2, 0.25) is 0 Å². The molecule has 0 spiro atoms. The lowest BCUT2D eigenvalue weighted by Crippen LogP contribution is -2.35. The Morgan fingerprint density at radius 3 is 1.69 bits per heavy atom. The van der Waals surface area contributed by atoms with E-state index in [1.54, 1.807) is 14.2 Å². The van der Waals surface area contributed by atoms with E-state index in [0.717, 1.165) is 54.0 Å². The lowest BCUT2D eigenvalue weighted by molar-refractivity contribution is -0.0390. The van der Waals surface area contributed by atoms with Gasteiger partial charge in [0.1, 0.15) is 17.1 Å². The van der Waals surface area contributed by atoms with E-state index in [0.29, 0.717) is 19.3 Å². The van der Waals surface area contributed by atoms with Crippen LogP contribution in [0.1, 0.15) is 63.6 Å². The number of hydrogen-bond acceptors (Lipinski definition) is 5. The molecule has 5 nitrogen and oxygen atoms in total. The Kier molecular flexibility index (Phi) is 12.3. The molecule has 0 saturated carbocycles. The normalized spacial score (nSPS) is 12.6. The molecular weight excluding hydrogens is 486 g/mol. The van der Waals surface area contributed by atoms with Gasteiger partial charge in [0, 0.05) is 12.0 Å². The van der Waals surface area contributed by atoms with E-state index < -0.39 is 5.60 Å². The van der Waals surface area contributed by atoms with Crippen LogP contribution < -0.4 is 14.8 Å². The van der Waals surface area contributed by atoms with E-state index in [1.807, 2.05) is 30.3 Å². The SMILES string of the molecule is COc1ccc(C(OCC(CCCCNC(C)C)COC(C)C)(c2ccccc2)c2ccc(OC)cc2)cc1. The minimum absolute atomic E-state index is 0.178. The van der Waals surface area contributed by atoms with Crippen LogP contribution in [-0.4, -0.2) is 46.1 Å². The highest BCUT2D eigenvalue weighted by Gasteiger charge is 2.38. The molecule has 0 radical (unpaired) electrons. The van der Waals surface area contributed by atoms with Crippen molar-refractivity contribution >= 4 is 0 Å². The van der Waals surface area contributed by atoms with E-state index in [2.05, 4.69) is 81.5 Å². The monoisotopic (exact) mass is 533 g/mol. The summed E-state index contributed by atoms with van der Waals surface area (Å²) in [6.07, 6.45) is 3.48. The maximum atomic E-state index is 7.15. The Bertz CT molecular complexity index is 1020. The molecule has 0 amide bonds. The highest BCUT2D eigenvalue weighted by Crippen LogP contribution is 2.42. The predicted molar refractivity (Wildman–Crippen MR) is 160 cm³/mol. The number of methoxy groups -OCH3 is 2. The zero-order valence-electron chi connectivity index (χ0n) is 24.6. The van der Waals surface area contributed by atoms with E-state index >= 15 is 0 Å². The fourth-order valence-corrected chi connectivity index (χ4v) is 4.81. The quantitative estimate of drug-likeness (QED) is 0.147. The van der Waals surface area contributed by atoms with Crippen molar-refractivity contribution in [3.8, 4) is 11.5 Å². The zero-order chi connectivity index (χ0) is 28.1. The molecule has 39 heavy (non-hydrogen) atoms. The smallest absolute Gasteiger partial charge is 0.143 e. The van der Waals surface area contributed by atoms with Crippen LogP contribution >= 0.6 is 0 Å². The largest absolute Gasteiger partial charge is 0.497 e. The number of benzene rings is 3. The van der Waals surface area contributed by atoms with Gasteiger partial charge in [-0.3, -0.25) is 0 Å². The molecule has 0 aliphatic heterocycles. The van der Waals surface area contributed by atoms with Crippen LogP contribution in [0.4, 0.5) is 0 Å². The van der Waals surface area contributed by atoms with Gasteiger partial charge in [0.05, 0.1) is 33.5 Å². The zero-order valence-corrected chi connectivity index (χ0v) is 24.6. The summed E-state index contributed by atoms with van der Waals surface area (Å²) in [6.45, 7) is 10.8. The summed E-state index contributed by atoms with van der Waals surface area (Å²) < 4.78 is 24.2. The summed E-state index contributed by atoms with van der Waals surface area (Å²) in [4.78, 5) is 0. The highest BCUT2D eigenvalue weighted by molar-refractivity contribution is 5.49. The van der Waals surface area contributed by atoms with E-state index in [4.69, 9.17) is 18.9 Å². The summed E-state index contributed by atoms with van der Waals surface area (Å²) in [6, 6.07) is 27.4. The van der Waals surface area contributed by atoms with Gasteiger partial charge in [-0.25, -0.2) is 0 Å². The van der Waals surface area contributed by atoms with Gasteiger partial charge in [0.25, 0.3) is 0 Å². The van der Waals surface area contributed by atoms with Crippen molar-refractivity contribution in [2.24, 2.45) is 5.92 Å². The van der Waals surface area contributed by atoms with E-state index in [9.17, 15) is 0 Å². The average Bonchev–Trinajstić information content (AvgIpc) is 2.96. The first-order chi connectivity index (χ1) is 18.9. The van der Waals surface area contributed by atoms with Crippen molar-refractivity contribution in [2.45, 2.75) is 64.7 Å². The van der Waals surface area contributed by atoms with Gasteiger partial charge < -0.3 is 24.3 Å². The molecule has 0 aliphatic carbocycles. The average molecular weight is 534 g/mol. The van der Waals surface area contributed by atoms with E-state index in [-0.39, 0.29) is 12.0 Å². The van der Waals surface area contributed by atoms with Crippen LogP contribution in [0.3, 0.4) is 0 Å². The number of rotatable bonds is 17. The number of ether oxygens (including phenoxy) is 4. The van der Waals surface area contributed by atoms with Gasteiger partial charge in [-0.1, -0.05) is 74.9 Å². The second-order valence-electron chi connectivity index (χ2n) is 10.7. The van der Waals surface area contributed by atoms with Crippen molar-refractivity contribution in [2.75, 3.05) is 34.0 Å². The van der Waals surface area contributed by atoms with Crippen molar-refractivity contribution in [1.82, 2.24) is 5.32 Å². The summed E-state index contributed by atoms with van der Waals surface area (Å²) in [5.74, 6) is 1.90. The molecule has 0 bridgehead atoms. The van der Waals surface area contributed by atoms with Crippen LogP contribution in [-0.2, 0) is 15.1 Å². The van der Waals surface area contributed by atoms with Gasteiger partial charge in [-0.15, -0.1) is 0 Å². The Balaban J connectivity index is 1.98. The summed E-state index contributed by atoms with van der Waals surface area (Å²) in [5, 5.41) is 3.53. The Morgan fingerprint density at radius 2 is 1.21 bits per heavy atom. The minimum Gasteiger partial charge on any atom is -0.497 e. The number of unbranched alkanes of at least 4 members (excludes halogenated alkanes) is 1. The molecule has 1 atom stereocenters.